The summed E-state index contributed by atoms with van der Waals surface area (Å²) in [5.41, 5.74) is 17.1. The van der Waals surface area contributed by atoms with Crippen molar-refractivity contribution in [3.63, 3.8) is 0 Å². The lowest BCUT2D eigenvalue weighted by Gasteiger charge is -2.13. The minimum Gasteiger partial charge on any atom is -0.493 e. The van der Waals surface area contributed by atoms with Gasteiger partial charge in [-0.3, -0.25) is 0 Å². The fourth-order valence-electron chi connectivity index (χ4n) is 3.16. The van der Waals surface area contributed by atoms with Gasteiger partial charge in [0, 0.05) is 17.5 Å². The van der Waals surface area contributed by atoms with Gasteiger partial charge in [0.15, 0.2) is 0 Å². The molecule has 2 aromatic carbocycles. The molecule has 0 unspecified atom stereocenters. The van der Waals surface area contributed by atoms with Crippen LogP contribution in [0.1, 0.15) is 24.0 Å². The molecule has 1 aromatic heterocycles. The lowest BCUT2D eigenvalue weighted by Crippen LogP contribution is -2.05. The standard InChI is InChI=1S/C21H23N3O.2ClH/c1-13-8-21(23)24-19-10-16(4-6-18(13)19)15-5-7-20(17(9-15)11-22)25-12-14-2-3-14;;/h4-10,14H,2-3,11-12,22H2,1H3,(H2,23,24);2*1H. The first-order valence-corrected chi connectivity index (χ1v) is 8.77. The van der Waals surface area contributed by atoms with Crippen LogP contribution in [0.4, 0.5) is 5.82 Å². The molecule has 0 aliphatic heterocycles. The minimum atomic E-state index is 0. The third-order valence-electron chi connectivity index (χ3n) is 4.82. The second kappa shape index (κ2) is 8.79. The molecular weight excluding hydrogens is 381 g/mol. The first-order chi connectivity index (χ1) is 12.1. The molecule has 0 spiro atoms. The van der Waals surface area contributed by atoms with Gasteiger partial charge in [-0.2, -0.15) is 0 Å². The Balaban J connectivity index is 0.00000131. The summed E-state index contributed by atoms with van der Waals surface area (Å²) in [7, 11) is 0. The Labute approximate surface area is 172 Å². The first kappa shape index (κ1) is 21.3. The molecule has 1 heterocycles. The lowest BCUT2D eigenvalue weighted by atomic mass is 9.99. The number of hydrogen-bond donors (Lipinski definition) is 2. The Morgan fingerprint density at radius 3 is 2.44 bits per heavy atom. The lowest BCUT2D eigenvalue weighted by molar-refractivity contribution is 0.297. The van der Waals surface area contributed by atoms with Crippen LogP contribution in [0.3, 0.4) is 0 Å². The SMILES string of the molecule is Cc1cc(N)nc2cc(-c3ccc(OCC4CC4)c(CN)c3)ccc12.Cl.Cl. The van der Waals surface area contributed by atoms with Crippen molar-refractivity contribution in [3.05, 3.63) is 53.6 Å². The Bertz CT molecular complexity index is 942. The van der Waals surface area contributed by atoms with Crippen LogP contribution in [0.25, 0.3) is 22.0 Å². The topological polar surface area (TPSA) is 74.2 Å². The fourth-order valence-corrected chi connectivity index (χ4v) is 3.16. The number of nitrogens with zero attached hydrogens (tertiary/aromatic N) is 1. The molecule has 0 bridgehead atoms. The second-order valence-corrected chi connectivity index (χ2v) is 6.88. The molecule has 27 heavy (non-hydrogen) atoms. The van der Waals surface area contributed by atoms with E-state index < -0.39 is 0 Å². The molecule has 1 aliphatic carbocycles. The van der Waals surface area contributed by atoms with E-state index in [1.807, 2.05) is 12.1 Å². The maximum absolute atomic E-state index is 5.94. The highest BCUT2D eigenvalue weighted by atomic mass is 35.5. The molecule has 0 amide bonds. The molecule has 4 N–H and O–H groups in total. The minimum absolute atomic E-state index is 0. The summed E-state index contributed by atoms with van der Waals surface area (Å²) < 4.78 is 5.94. The van der Waals surface area contributed by atoms with E-state index in [2.05, 4.69) is 42.2 Å². The normalized spacial score (nSPS) is 13.0. The number of nitrogen functional groups attached to an aromatic ring is 1. The van der Waals surface area contributed by atoms with Gasteiger partial charge in [0.2, 0.25) is 0 Å². The van der Waals surface area contributed by atoms with E-state index in [1.165, 1.54) is 12.8 Å². The van der Waals surface area contributed by atoms with Crippen LogP contribution in [0.2, 0.25) is 0 Å². The number of aryl methyl sites for hydroxylation is 1. The van der Waals surface area contributed by atoms with Crippen LogP contribution in [-0.2, 0) is 6.54 Å². The zero-order valence-electron chi connectivity index (χ0n) is 15.3. The van der Waals surface area contributed by atoms with Gasteiger partial charge in [0.25, 0.3) is 0 Å². The predicted octanol–water partition coefficient (Wildman–Crippen LogP) is 4.88. The van der Waals surface area contributed by atoms with E-state index in [0.29, 0.717) is 12.4 Å². The first-order valence-electron chi connectivity index (χ1n) is 8.77. The molecule has 1 saturated carbocycles. The average Bonchev–Trinajstić information content (AvgIpc) is 3.43. The van der Waals surface area contributed by atoms with Crippen LogP contribution in [0.5, 0.6) is 5.75 Å². The summed E-state index contributed by atoms with van der Waals surface area (Å²) in [6, 6.07) is 14.4. The van der Waals surface area contributed by atoms with Crippen molar-refractivity contribution in [3.8, 4) is 16.9 Å². The van der Waals surface area contributed by atoms with Gasteiger partial charge in [-0.1, -0.05) is 18.2 Å². The van der Waals surface area contributed by atoms with Crippen LogP contribution in [-0.4, -0.2) is 11.6 Å². The second-order valence-electron chi connectivity index (χ2n) is 6.88. The van der Waals surface area contributed by atoms with E-state index in [0.717, 1.165) is 51.4 Å². The summed E-state index contributed by atoms with van der Waals surface area (Å²) in [6.45, 7) is 3.31. The largest absolute Gasteiger partial charge is 0.493 e. The molecule has 3 aromatic rings. The zero-order chi connectivity index (χ0) is 17.4. The van der Waals surface area contributed by atoms with Gasteiger partial charge in [-0.15, -0.1) is 24.8 Å². The number of nitrogens with two attached hydrogens (primary N) is 2. The summed E-state index contributed by atoms with van der Waals surface area (Å²) in [4.78, 5) is 4.47. The van der Waals surface area contributed by atoms with Crippen LogP contribution < -0.4 is 16.2 Å². The van der Waals surface area contributed by atoms with Crippen LogP contribution in [0.15, 0.2) is 42.5 Å². The van der Waals surface area contributed by atoms with Gasteiger partial charge in [0.1, 0.15) is 11.6 Å². The maximum Gasteiger partial charge on any atom is 0.124 e. The molecule has 0 radical (unpaired) electrons. The van der Waals surface area contributed by atoms with Crippen molar-refractivity contribution in [1.29, 1.82) is 0 Å². The summed E-state index contributed by atoms with van der Waals surface area (Å²) in [5, 5.41) is 1.13. The van der Waals surface area contributed by atoms with Crippen molar-refractivity contribution in [2.45, 2.75) is 26.3 Å². The van der Waals surface area contributed by atoms with Crippen LogP contribution >= 0.6 is 24.8 Å². The van der Waals surface area contributed by atoms with Crippen molar-refractivity contribution in [2.24, 2.45) is 11.7 Å². The number of hydrogen-bond acceptors (Lipinski definition) is 4. The summed E-state index contributed by atoms with van der Waals surface area (Å²) in [5.74, 6) is 2.18. The molecule has 0 atom stereocenters. The van der Waals surface area contributed by atoms with Gasteiger partial charge in [-0.25, -0.2) is 4.98 Å². The highest BCUT2D eigenvalue weighted by molar-refractivity contribution is 5.88. The summed E-state index contributed by atoms with van der Waals surface area (Å²) >= 11 is 0. The molecule has 1 aliphatic rings. The molecule has 1 fully saturated rings. The van der Waals surface area contributed by atoms with Crippen molar-refractivity contribution >= 4 is 41.5 Å². The van der Waals surface area contributed by atoms with Gasteiger partial charge < -0.3 is 16.2 Å². The number of halogens is 2. The van der Waals surface area contributed by atoms with Gasteiger partial charge >= 0.3 is 0 Å². The van der Waals surface area contributed by atoms with E-state index >= 15 is 0 Å². The molecule has 6 heteroatoms. The van der Waals surface area contributed by atoms with E-state index in [-0.39, 0.29) is 24.8 Å². The number of aromatic nitrogens is 1. The molecule has 4 rings (SSSR count). The Kier molecular flexibility index (Phi) is 6.93. The van der Waals surface area contributed by atoms with Gasteiger partial charge in [0.05, 0.1) is 12.1 Å². The number of ether oxygens (including phenoxy) is 1. The molecule has 4 nitrogen and oxygen atoms in total. The van der Waals surface area contributed by atoms with Crippen molar-refractivity contribution in [1.82, 2.24) is 4.98 Å². The smallest absolute Gasteiger partial charge is 0.124 e. The number of benzene rings is 2. The van der Waals surface area contributed by atoms with Crippen molar-refractivity contribution < 1.29 is 4.74 Å². The van der Waals surface area contributed by atoms with Crippen molar-refractivity contribution in [2.75, 3.05) is 12.3 Å². The monoisotopic (exact) mass is 405 g/mol. The maximum atomic E-state index is 5.94. The molecule has 0 saturated heterocycles. The predicted molar refractivity (Wildman–Crippen MR) is 117 cm³/mol. The van der Waals surface area contributed by atoms with Crippen LogP contribution in [0, 0.1) is 12.8 Å². The number of rotatable bonds is 5. The van der Waals surface area contributed by atoms with E-state index in [1.54, 1.807) is 0 Å². The summed E-state index contributed by atoms with van der Waals surface area (Å²) in [6.07, 6.45) is 2.56. The zero-order valence-corrected chi connectivity index (χ0v) is 16.9. The highest BCUT2D eigenvalue weighted by Crippen LogP contribution is 2.32. The Morgan fingerprint density at radius 2 is 1.74 bits per heavy atom. The van der Waals surface area contributed by atoms with E-state index in [9.17, 15) is 0 Å². The number of pyridine rings is 1. The number of anilines is 1. The Hall–Kier alpha value is -2.01. The number of fused-ring (bicyclic) bond motifs is 1. The highest BCUT2D eigenvalue weighted by Gasteiger charge is 2.22. The molecule has 144 valence electrons. The van der Waals surface area contributed by atoms with E-state index in [4.69, 9.17) is 16.2 Å². The fraction of sp³-hybridized carbons (Fsp3) is 0.286. The third kappa shape index (κ3) is 4.64. The Morgan fingerprint density at radius 1 is 1.04 bits per heavy atom. The molecular formula is C21H25Cl2N3O. The third-order valence-corrected chi connectivity index (χ3v) is 4.82. The average molecular weight is 406 g/mol. The van der Waals surface area contributed by atoms with Gasteiger partial charge in [-0.05, 0) is 66.6 Å². The quantitative estimate of drug-likeness (QED) is 0.633.